The summed E-state index contributed by atoms with van der Waals surface area (Å²) in [6, 6.07) is 4.11. The van der Waals surface area contributed by atoms with Gasteiger partial charge in [-0.25, -0.2) is 0 Å². The molecule has 1 aromatic rings. The molecule has 0 bridgehead atoms. The van der Waals surface area contributed by atoms with Crippen LogP contribution >= 0.6 is 0 Å². The maximum absolute atomic E-state index is 11.4. The standard InChI is InChI=1S/C9H13N3O/c10-6-4-7(5-6)12-9(13)8-2-1-3-11-8/h1-3,6-7,11H,4-5,10H2,(H,12,13). The number of aromatic nitrogens is 1. The molecule has 0 unspecified atom stereocenters. The minimum Gasteiger partial charge on any atom is -0.357 e. The Hall–Kier alpha value is -1.29. The normalized spacial score (nSPS) is 26.5. The molecule has 4 N–H and O–H groups in total. The zero-order valence-electron chi connectivity index (χ0n) is 7.29. The topological polar surface area (TPSA) is 70.9 Å². The fourth-order valence-corrected chi connectivity index (χ4v) is 1.51. The SMILES string of the molecule is NC1CC(NC(=O)c2ccc[nH]2)C1. The van der Waals surface area contributed by atoms with Gasteiger partial charge in [-0.3, -0.25) is 4.79 Å². The summed E-state index contributed by atoms with van der Waals surface area (Å²) in [5.41, 5.74) is 6.22. The van der Waals surface area contributed by atoms with E-state index in [0.717, 1.165) is 12.8 Å². The van der Waals surface area contributed by atoms with Gasteiger partial charge in [-0.1, -0.05) is 0 Å². The zero-order chi connectivity index (χ0) is 9.26. The Morgan fingerprint density at radius 2 is 2.38 bits per heavy atom. The summed E-state index contributed by atoms with van der Waals surface area (Å²) in [6.07, 6.45) is 3.53. The lowest BCUT2D eigenvalue weighted by atomic mass is 9.87. The highest BCUT2D eigenvalue weighted by atomic mass is 16.1. The Balaban J connectivity index is 1.86. The zero-order valence-corrected chi connectivity index (χ0v) is 7.29. The molecular weight excluding hydrogens is 166 g/mol. The molecule has 0 spiro atoms. The number of amides is 1. The van der Waals surface area contributed by atoms with E-state index < -0.39 is 0 Å². The van der Waals surface area contributed by atoms with Crippen LogP contribution in [0.5, 0.6) is 0 Å². The van der Waals surface area contributed by atoms with Gasteiger partial charge in [-0.2, -0.15) is 0 Å². The molecule has 0 saturated heterocycles. The lowest BCUT2D eigenvalue weighted by Gasteiger charge is -2.32. The summed E-state index contributed by atoms with van der Waals surface area (Å²) in [5, 5.41) is 2.90. The maximum Gasteiger partial charge on any atom is 0.267 e. The number of carbonyl (C=O) groups is 1. The molecule has 13 heavy (non-hydrogen) atoms. The molecule has 1 aliphatic rings. The Morgan fingerprint density at radius 3 is 2.92 bits per heavy atom. The average Bonchev–Trinajstić information content (AvgIpc) is 2.53. The third-order valence-electron chi connectivity index (χ3n) is 2.35. The van der Waals surface area contributed by atoms with Gasteiger partial charge in [0.25, 0.3) is 5.91 Å². The van der Waals surface area contributed by atoms with Gasteiger partial charge in [0.1, 0.15) is 5.69 Å². The summed E-state index contributed by atoms with van der Waals surface area (Å²) < 4.78 is 0. The molecule has 2 rings (SSSR count). The number of carbonyl (C=O) groups excluding carboxylic acids is 1. The van der Waals surface area contributed by atoms with E-state index in [1.165, 1.54) is 0 Å². The van der Waals surface area contributed by atoms with Crippen LogP contribution < -0.4 is 11.1 Å². The Kier molecular flexibility index (Phi) is 2.06. The largest absolute Gasteiger partial charge is 0.357 e. The van der Waals surface area contributed by atoms with E-state index >= 15 is 0 Å². The molecule has 4 nitrogen and oxygen atoms in total. The fraction of sp³-hybridized carbons (Fsp3) is 0.444. The molecule has 70 valence electrons. The predicted molar refractivity (Wildman–Crippen MR) is 49.3 cm³/mol. The van der Waals surface area contributed by atoms with Crippen molar-refractivity contribution < 1.29 is 4.79 Å². The van der Waals surface area contributed by atoms with E-state index in [1.54, 1.807) is 18.3 Å². The van der Waals surface area contributed by atoms with E-state index in [0.29, 0.717) is 5.69 Å². The van der Waals surface area contributed by atoms with Gasteiger partial charge in [-0.15, -0.1) is 0 Å². The first-order valence-electron chi connectivity index (χ1n) is 4.45. The van der Waals surface area contributed by atoms with E-state index in [9.17, 15) is 4.79 Å². The molecule has 1 fully saturated rings. The molecule has 4 heteroatoms. The number of nitrogens with two attached hydrogens (primary N) is 1. The Bertz CT molecular complexity index is 288. The quantitative estimate of drug-likeness (QED) is 0.608. The molecule has 0 atom stereocenters. The maximum atomic E-state index is 11.4. The number of hydrogen-bond donors (Lipinski definition) is 3. The smallest absolute Gasteiger partial charge is 0.267 e. The summed E-state index contributed by atoms with van der Waals surface area (Å²) >= 11 is 0. The molecule has 1 saturated carbocycles. The molecular formula is C9H13N3O. The van der Waals surface area contributed by atoms with Gasteiger partial charge in [0, 0.05) is 18.3 Å². The van der Waals surface area contributed by atoms with Crippen molar-refractivity contribution in [2.24, 2.45) is 5.73 Å². The summed E-state index contributed by atoms with van der Waals surface area (Å²) in [4.78, 5) is 14.3. The molecule has 0 aromatic carbocycles. The van der Waals surface area contributed by atoms with Crippen LogP contribution in [0.15, 0.2) is 18.3 Å². The first kappa shape index (κ1) is 8.31. The third kappa shape index (κ3) is 1.72. The van der Waals surface area contributed by atoms with Crippen molar-refractivity contribution in [3.05, 3.63) is 24.0 Å². The highest BCUT2D eigenvalue weighted by Gasteiger charge is 2.27. The molecule has 1 amide bonds. The van der Waals surface area contributed by atoms with Crippen LogP contribution in [0.1, 0.15) is 23.3 Å². The van der Waals surface area contributed by atoms with Gasteiger partial charge >= 0.3 is 0 Å². The second kappa shape index (κ2) is 3.22. The first-order chi connectivity index (χ1) is 6.25. The van der Waals surface area contributed by atoms with E-state index in [4.69, 9.17) is 5.73 Å². The average molecular weight is 179 g/mol. The van der Waals surface area contributed by atoms with Gasteiger partial charge in [0.2, 0.25) is 0 Å². The monoisotopic (exact) mass is 179 g/mol. The van der Waals surface area contributed by atoms with Crippen LogP contribution in [0.3, 0.4) is 0 Å². The van der Waals surface area contributed by atoms with Crippen molar-refractivity contribution in [3.63, 3.8) is 0 Å². The third-order valence-corrected chi connectivity index (χ3v) is 2.35. The summed E-state index contributed by atoms with van der Waals surface area (Å²) in [6.45, 7) is 0. The van der Waals surface area contributed by atoms with Gasteiger partial charge < -0.3 is 16.0 Å². The van der Waals surface area contributed by atoms with E-state index in [2.05, 4.69) is 10.3 Å². The predicted octanol–water partition coefficient (Wildman–Crippen LogP) is 0.234. The van der Waals surface area contributed by atoms with Crippen molar-refractivity contribution in [2.45, 2.75) is 24.9 Å². The van der Waals surface area contributed by atoms with Crippen LogP contribution in [0.4, 0.5) is 0 Å². The highest BCUT2D eigenvalue weighted by molar-refractivity contribution is 5.92. The summed E-state index contributed by atoms with van der Waals surface area (Å²) in [5.74, 6) is -0.0399. The second-order valence-corrected chi connectivity index (χ2v) is 3.49. The summed E-state index contributed by atoms with van der Waals surface area (Å²) in [7, 11) is 0. The molecule has 1 aromatic heterocycles. The highest BCUT2D eigenvalue weighted by Crippen LogP contribution is 2.17. The van der Waals surface area contributed by atoms with Crippen molar-refractivity contribution in [2.75, 3.05) is 0 Å². The van der Waals surface area contributed by atoms with Gasteiger partial charge in [0.05, 0.1) is 0 Å². The van der Waals surface area contributed by atoms with Crippen LogP contribution in [0.2, 0.25) is 0 Å². The van der Waals surface area contributed by atoms with E-state index in [1.807, 2.05) is 0 Å². The molecule has 1 aliphatic carbocycles. The van der Waals surface area contributed by atoms with Crippen LogP contribution in [-0.4, -0.2) is 23.0 Å². The number of hydrogen-bond acceptors (Lipinski definition) is 2. The minimum absolute atomic E-state index is 0.0399. The van der Waals surface area contributed by atoms with Crippen molar-refractivity contribution in [3.8, 4) is 0 Å². The molecule has 1 heterocycles. The second-order valence-electron chi connectivity index (χ2n) is 3.49. The molecule has 0 aliphatic heterocycles. The molecule has 0 radical (unpaired) electrons. The number of aromatic amines is 1. The minimum atomic E-state index is -0.0399. The number of nitrogens with one attached hydrogen (secondary N) is 2. The van der Waals surface area contributed by atoms with Crippen LogP contribution in [0.25, 0.3) is 0 Å². The Morgan fingerprint density at radius 1 is 1.62 bits per heavy atom. The lowest BCUT2D eigenvalue weighted by Crippen LogP contribution is -2.50. The van der Waals surface area contributed by atoms with Gasteiger partial charge in [0.15, 0.2) is 0 Å². The fourth-order valence-electron chi connectivity index (χ4n) is 1.51. The Labute approximate surface area is 76.5 Å². The van der Waals surface area contributed by atoms with Crippen molar-refractivity contribution in [1.29, 1.82) is 0 Å². The van der Waals surface area contributed by atoms with Crippen molar-refractivity contribution in [1.82, 2.24) is 10.3 Å². The van der Waals surface area contributed by atoms with Crippen LogP contribution in [0, 0.1) is 0 Å². The van der Waals surface area contributed by atoms with E-state index in [-0.39, 0.29) is 18.0 Å². The lowest BCUT2D eigenvalue weighted by molar-refractivity contribution is 0.0906. The first-order valence-corrected chi connectivity index (χ1v) is 4.45. The van der Waals surface area contributed by atoms with Gasteiger partial charge in [-0.05, 0) is 25.0 Å². The number of rotatable bonds is 2. The van der Waals surface area contributed by atoms with Crippen molar-refractivity contribution >= 4 is 5.91 Å². The van der Waals surface area contributed by atoms with Crippen LogP contribution in [-0.2, 0) is 0 Å². The number of H-pyrrole nitrogens is 1.